The summed E-state index contributed by atoms with van der Waals surface area (Å²) >= 11 is 11.9. The minimum absolute atomic E-state index is 0.121. The van der Waals surface area contributed by atoms with Gasteiger partial charge in [-0.3, -0.25) is 9.89 Å². The molecule has 4 aromatic rings. The highest BCUT2D eigenvalue weighted by Crippen LogP contribution is 2.28. The van der Waals surface area contributed by atoms with E-state index < -0.39 is 5.91 Å². The summed E-state index contributed by atoms with van der Waals surface area (Å²) in [5.41, 5.74) is 7.20. The molecule has 0 bridgehead atoms. The molecular formula is C21H15Cl2N5O2. The van der Waals surface area contributed by atoms with Gasteiger partial charge in [-0.25, -0.2) is 4.99 Å². The first-order valence-corrected chi connectivity index (χ1v) is 9.56. The minimum atomic E-state index is -0.679. The van der Waals surface area contributed by atoms with E-state index in [9.17, 15) is 4.79 Å². The van der Waals surface area contributed by atoms with Gasteiger partial charge in [-0.05, 0) is 54.6 Å². The van der Waals surface area contributed by atoms with Crippen molar-refractivity contribution in [3.8, 4) is 11.3 Å². The molecule has 0 saturated heterocycles. The quantitative estimate of drug-likeness (QED) is 0.341. The van der Waals surface area contributed by atoms with E-state index in [0.717, 1.165) is 5.56 Å². The van der Waals surface area contributed by atoms with Crippen molar-refractivity contribution >= 4 is 52.6 Å². The number of halogens is 2. The lowest BCUT2D eigenvalue weighted by molar-refractivity contribution is 0.100. The minimum Gasteiger partial charge on any atom is -0.455 e. The summed E-state index contributed by atoms with van der Waals surface area (Å²) in [5, 5.41) is 11.0. The number of aromatic amines is 1. The number of nitrogens with two attached hydrogens (primary N) is 1. The second kappa shape index (κ2) is 8.44. The molecule has 0 unspecified atom stereocenters. The molecule has 1 amide bonds. The average molecular weight is 440 g/mol. The van der Waals surface area contributed by atoms with Crippen molar-refractivity contribution in [1.82, 2.24) is 10.2 Å². The van der Waals surface area contributed by atoms with Crippen LogP contribution in [0.4, 0.5) is 17.3 Å². The molecule has 150 valence electrons. The summed E-state index contributed by atoms with van der Waals surface area (Å²) in [5.74, 6) is 0.924. The first kappa shape index (κ1) is 19.8. The van der Waals surface area contributed by atoms with Crippen molar-refractivity contribution in [2.75, 3.05) is 5.32 Å². The normalized spacial score (nSPS) is 11.1. The first-order valence-electron chi connectivity index (χ1n) is 8.80. The monoisotopic (exact) mass is 439 g/mol. The maximum Gasteiger partial charge on any atom is 0.256 e. The fraction of sp³-hybridized carbons (Fsp3) is 0. The van der Waals surface area contributed by atoms with Gasteiger partial charge in [0.05, 0.1) is 6.21 Å². The Labute approximate surface area is 181 Å². The summed E-state index contributed by atoms with van der Waals surface area (Å²) in [4.78, 5) is 16.2. The molecule has 2 heterocycles. The molecule has 0 aliphatic carbocycles. The number of hydrogen-bond acceptors (Lipinski definition) is 5. The smallest absolute Gasteiger partial charge is 0.256 e. The van der Waals surface area contributed by atoms with E-state index in [4.69, 9.17) is 33.4 Å². The third-order valence-corrected chi connectivity index (χ3v) is 4.64. The second-order valence-electron chi connectivity index (χ2n) is 6.26. The van der Waals surface area contributed by atoms with E-state index >= 15 is 0 Å². The predicted molar refractivity (Wildman–Crippen MR) is 118 cm³/mol. The van der Waals surface area contributed by atoms with Gasteiger partial charge in [0.2, 0.25) is 0 Å². The molecule has 4 N–H and O–H groups in total. The molecule has 0 spiro atoms. The Hall–Kier alpha value is -3.55. The molecule has 2 aromatic heterocycles. The third-order valence-electron chi connectivity index (χ3n) is 4.16. The fourth-order valence-electron chi connectivity index (χ4n) is 2.78. The van der Waals surface area contributed by atoms with Crippen LogP contribution < -0.4 is 11.1 Å². The zero-order valence-electron chi connectivity index (χ0n) is 15.4. The summed E-state index contributed by atoms with van der Waals surface area (Å²) in [6.45, 7) is 0. The van der Waals surface area contributed by atoms with Crippen LogP contribution in [0, 0.1) is 0 Å². The van der Waals surface area contributed by atoms with Gasteiger partial charge in [-0.2, -0.15) is 5.10 Å². The SMILES string of the molecule is NC(=O)c1c(N=Cc2ccc(-c3ccc(Cl)cc3)o2)n[nH]c1Nc1cccc(Cl)c1. The number of anilines is 2. The summed E-state index contributed by atoms with van der Waals surface area (Å²) in [6, 6.07) is 17.9. The van der Waals surface area contributed by atoms with Crippen LogP contribution >= 0.6 is 23.2 Å². The molecule has 0 aliphatic heterocycles. The van der Waals surface area contributed by atoms with Crippen LogP contribution in [0.2, 0.25) is 10.0 Å². The van der Waals surface area contributed by atoms with E-state index in [-0.39, 0.29) is 11.4 Å². The van der Waals surface area contributed by atoms with E-state index in [2.05, 4.69) is 20.5 Å². The number of benzene rings is 2. The van der Waals surface area contributed by atoms with Gasteiger partial charge in [0.15, 0.2) is 5.82 Å². The summed E-state index contributed by atoms with van der Waals surface area (Å²) < 4.78 is 5.77. The molecule has 0 fully saturated rings. The Balaban J connectivity index is 1.57. The molecule has 0 radical (unpaired) electrons. The number of carbonyl (C=O) groups is 1. The van der Waals surface area contributed by atoms with Crippen molar-refractivity contribution in [2.45, 2.75) is 0 Å². The van der Waals surface area contributed by atoms with Crippen LogP contribution in [0.3, 0.4) is 0 Å². The number of primary amides is 1. The van der Waals surface area contributed by atoms with Crippen molar-refractivity contribution in [3.05, 3.63) is 82.0 Å². The number of nitrogens with zero attached hydrogens (tertiary/aromatic N) is 2. The van der Waals surface area contributed by atoms with E-state index in [1.54, 1.807) is 42.5 Å². The number of furan rings is 1. The molecule has 9 heteroatoms. The zero-order chi connectivity index (χ0) is 21.1. The molecule has 7 nitrogen and oxygen atoms in total. The maximum absolute atomic E-state index is 12.0. The number of aromatic nitrogens is 2. The molecule has 0 saturated carbocycles. The lowest BCUT2D eigenvalue weighted by Gasteiger charge is -2.05. The van der Waals surface area contributed by atoms with Gasteiger partial charge in [-0.1, -0.05) is 29.3 Å². The number of amides is 1. The molecular weight excluding hydrogens is 425 g/mol. The van der Waals surface area contributed by atoms with Crippen LogP contribution in [-0.4, -0.2) is 22.3 Å². The summed E-state index contributed by atoms with van der Waals surface area (Å²) in [7, 11) is 0. The average Bonchev–Trinajstić information content (AvgIpc) is 3.34. The predicted octanol–water partition coefficient (Wildman–Crippen LogP) is 5.57. The summed E-state index contributed by atoms with van der Waals surface area (Å²) in [6.07, 6.45) is 1.46. The van der Waals surface area contributed by atoms with Gasteiger partial charge >= 0.3 is 0 Å². The number of aliphatic imine (C=N–C) groups is 1. The van der Waals surface area contributed by atoms with Crippen LogP contribution in [0.1, 0.15) is 16.1 Å². The van der Waals surface area contributed by atoms with Crippen molar-refractivity contribution < 1.29 is 9.21 Å². The van der Waals surface area contributed by atoms with Gasteiger partial charge in [0, 0.05) is 21.3 Å². The highest BCUT2D eigenvalue weighted by atomic mass is 35.5. The Kier molecular flexibility index (Phi) is 5.56. The number of H-pyrrole nitrogens is 1. The molecule has 0 aliphatic rings. The van der Waals surface area contributed by atoms with Crippen LogP contribution in [0.25, 0.3) is 11.3 Å². The van der Waals surface area contributed by atoms with Crippen LogP contribution in [-0.2, 0) is 0 Å². The van der Waals surface area contributed by atoms with Crippen LogP contribution in [0.5, 0.6) is 0 Å². The number of carbonyl (C=O) groups excluding carboxylic acids is 1. The largest absolute Gasteiger partial charge is 0.455 e. The van der Waals surface area contributed by atoms with Crippen molar-refractivity contribution in [3.63, 3.8) is 0 Å². The number of nitrogens with one attached hydrogen (secondary N) is 2. The van der Waals surface area contributed by atoms with E-state index in [0.29, 0.717) is 33.1 Å². The topological polar surface area (TPSA) is 109 Å². The van der Waals surface area contributed by atoms with Gasteiger partial charge in [0.25, 0.3) is 5.91 Å². The molecule has 2 aromatic carbocycles. The lowest BCUT2D eigenvalue weighted by Crippen LogP contribution is -2.12. The zero-order valence-corrected chi connectivity index (χ0v) is 16.9. The van der Waals surface area contributed by atoms with Crippen molar-refractivity contribution in [2.24, 2.45) is 10.7 Å². The standard InChI is InChI=1S/C21H15Cl2N5O2/c22-13-6-4-12(5-7-13)17-9-8-16(30-17)11-25-20-18(19(24)29)21(28-27-20)26-15-3-1-2-14(23)10-15/h1-11H,(H2,24,29)(H2,26,27,28). The Morgan fingerprint density at radius 3 is 2.63 bits per heavy atom. The Morgan fingerprint density at radius 2 is 1.90 bits per heavy atom. The lowest BCUT2D eigenvalue weighted by atomic mass is 10.2. The highest BCUT2D eigenvalue weighted by Gasteiger charge is 2.18. The van der Waals surface area contributed by atoms with Gasteiger partial charge in [-0.15, -0.1) is 0 Å². The number of hydrogen-bond donors (Lipinski definition) is 3. The Bertz CT molecular complexity index is 1230. The first-order chi connectivity index (χ1) is 14.5. The van der Waals surface area contributed by atoms with Crippen LogP contribution in [0.15, 0.2) is 70.1 Å². The fourth-order valence-corrected chi connectivity index (χ4v) is 3.09. The van der Waals surface area contributed by atoms with Gasteiger partial charge in [0.1, 0.15) is 22.9 Å². The second-order valence-corrected chi connectivity index (χ2v) is 7.14. The van der Waals surface area contributed by atoms with Gasteiger partial charge < -0.3 is 15.5 Å². The third kappa shape index (κ3) is 4.37. The maximum atomic E-state index is 12.0. The Morgan fingerprint density at radius 1 is 1.10 bits per heavy atom. The highest BCUT2D eigenvalue weighted by molar-refractivity contribution is 6.31. The molecule has 4 rings (SSSR count). The van der Waals surface area contributed by atoms with Crippen molar-refractivity contribution in [1.29, 1.82) is 0 Å². The number of rotatable bonds is 6. The molecule has 30 heavy (non-hydrogen) atoms. The van der Waals surface area contributed by atoms with E-state index in [1.807, 2.05) is 18.2 Å². The molecule has 0 atom stereocenters. The van der Waals surface area contributed by atoms with E-state index in [1.165, 1.54) is 6.21 Å².